The van der Waals surface area contributed by atoms with Crippen molar-refractivity contribution in [2.24, 2.45) is 0 Å². The minimum absolute atomic E-state index is 0.161. The van der Waals surface area contributed by atoms with Gasteiger partial charge in [0.1, 0.15) is 0 Å². The molecular formula is C18H25ClN2O2S. The summed E-state index contributed by atoms with van der Waals surface area (Å²) in [7, 11) is 0. The Morgan fingerprint density at radius 2 is 1.79 bits per heavy atom. The molecule has 3 amide bonds. The van der Waals surface area contributed by atoms with Gasteiger partial charge in [-0.3, -0.25) is 9.69 Å². The predicted molar refractivity (Wildman–Crippen MR) is 101 cm³/mol. The Hall–Kier alpha value is -1.20. The van der Waals surface area contributed by atoms with E-state index in [9.17, 15) is 9.59 Å². The quantitative estimate of drug-likeness (QED) is 0.763. The van der Waals surface area contributed by atoms with Gasteiger partial charge in [-0.2, -0.15) is 12.6 Å². The number of thiol groups is 1. The maximum absolute atomic E-state index is 12.6. The second-order valence-electron chi connectivity index (χ2n) is 6.41. The number of amides is 3. The van der Waals surface area contributed by atoms with Gasteiger partial charge in [0.2, 0.25) is 5.91 Å². The molecule has 1 aliphatic carbocycles. The molecule has 4 nitrogen and oxygen atoms in total. The first-order valence-electron chi connectivity index (χ1n) is 8.44. The third-order valence-corrected chi connectivity index (χ3v) is 5.55. The first-order chi connectivity index (χ1) is 11.4. The van der Waals surface area contributed by atoms with Crippen molar-refractivity contribution >= 4 is 36.2 Å². The Labute approximate surface area is 154 Å². The normalized spacial score (nSPS) is 17.8. The van der Waals surface area contributed by atoms with E-state index in [0.29, 0.717) is 5.02 Å². The smallest absolute Gasteiger partial charge is 0.324 e. The molecular weight excluding hydrogens is 344 g/mol. The zero-order chi connectivity index (χ0) is 17.7. The minimum Gasteiger partial charge on any atom is -0.335 e. The van der Waals surface area contributed by atoms with Crippen LogP contribution in [-0.2, 0) is 4.79 Å². The molecule has 1 aromatic rings. The highest BCUT2D eigenvalue weighted by Crippen LogP contribution is 2.28. The Morgan fingerprint density at radius 3 is 2.33 bits per heavy atom. The molecule has 132 valence electrons. The standard InChI is InChI=1S/C18H25ClN2O2S/c1-12(17(24)14-8-10-15(19)11-9-14)21(13(2)22)18(23)20-16-6-4-3-5-7-16/h8-12,16-17,24H,3-7H2,1-2H3,(H,20,23). The van der Waals surface area contributed by atoms with E-state index in [-0.39, 0.29) is 29.3 Å². The van der Waals surface area contributed by atoms with E-state index < -0.39 is 0 Å². The summed E-state index contributed by atoms with van der Waals surface area (Å²) in [5.41, 5.74) is 0.923. The van der Waals surface area contributed by atoms with E-state index in [1.165, 1.54) is 18.2 Å². The molecule has 0 saturated heterocycles. The molecule has 6 heteroatoms. The van der Waals surface area contributed by atoms with Gasteiger partial charge in [-0.15, -0.1) is 0 Å². The summed E-state index contributed by atoms with van der Waals surface area (Å²) in [5, 5.41) is 3.38. The van der Waals surface area contributed by atoms with Gasteiger partial charge < -0.3 is 5.32 Å². The molecule has 0 radical (unpaired) electrons. The molecule has 2 atom stereocenters. The van der Waals surface area contributed by atoms with Crippen LogP contribution in [0, 0.1) is 0 Å². The lowest BCUT2D eigenvalue weighted by Gasteiger charge is -2.33. The number of halogens is 1. The summed E-state index contributed by atoms with van der Waals surface area (Å²) < 4.78 is 0. The number of urea groups is 1. The molecule has 1 N–H and O–H groups in total. The summed E-state index contributed by atoms with van der Waals surface area (Å²) in [6.45, 7) is 3.26. The summed E-state index contributed by atoms with van der Waals surface area (Å²) in [6.07, 6.45) is 5.43. The van der Waals surface area contributed by atoms with E-state index in [2.05, 4.69) is 17.9 Å². The molecule has 2 unspecified atom stereocenters. The average Bonchev–Trinajstić information content (AvgIpc) is 2.55. The highest BCUT2D eigenvalue weighted by molar-refractivity contribution is 7.80. The van der Waals surface area contributed by atoms with Crippen LogP contribution in [0.25, 0.3) is 0 Å². The molecule has 1 aromatic carbocycles. The molecule has 0 bridgehead atoms. The monoisotopic (exact) mass is 368 g/mol. The van der Waals surface area contributed by atoms with E-state index >= 15 is 0 Å². The van der Waals surface area contributed by atoms with Gasteiger partial charge >= 0.3 is 6.03 Å². The average molecular weight is 369 g/mol. The van der Waals surface area contributed by atoms with Crippen molar-refractivity contribution in [3.8, 4) is 0 Å². The molecule has 1 fully saturated rings. The number of hydrogen-bond acceptors (Lipinski definition) is 3. The number of carbonyl (C=O) groups is 2. The zero-order valence-electron chi connectivity index (χ0n) is 14.2. The molecule has 0 spiro atoms. The Bertz CT molecular complexity index is 573. The summed E-state index contributed by atoms with van der Waals surface area (Å²) in [4.78, 5) is 26.0. The van der Waals surface area contributed by atoms with Crippen molar-refractivity contribution in [3.63, 3.8) is 0 Å². The topological polar surface area (TPSA) is 49.4 Å². The van der Waals surface area contributed by atoms with Crippen LogP contribution in [0.3, 0.4) is 0 Å². The Morgan fingerprint density at radius 1 is 1.21 bits per heavy atom. The number of rotatable bonds is 4. The maximum Gasteiger partial charge on any atom is 0.324 e. The molecule has 1 aliphatic rings. The van der Waals surface area contributed by atoms with E-state index in [0.717, 1.165) is 31.2 Å². The zero-order valence-corrected chi connectivity index (χ0v) is 15.8. The van der Waals surface area contributed by atoms with Crippen molar-refractivity contribution in [2.45, 2.75) is 63.3 Å². The molecule has 24 heavy (non-hydrogen) atoms. The van der Waals surface area contributed by atoms with Gasteiger partial charge in [-0.05, 0) is 37.5 Å². The molecule has 1 saturated carbocycles. The number of nitrogens with zero attached hydrogens (tertiary/aromatic N) is 1. The Kier molecular flexibility index (Phi) is 6.99. The number of imide groups is 1. The molecule has 2 rings (SSSR count). The van der Waals surface area contributed by atoms with Crippen LogP contribution in [0.5, 0.6) is 0 Å². The first kappa shape index (κ1) is 19.1. The largest absolute Gasteiger partial charge is 0.335 e. The van der Waals surface area contributed by atoms with Crippen LogP contribution in [0.4, 0.5) is 4.79 Å². The number of benzene rings is 1. The van der Waals surface area contributed by atoms with Crippen molar-refractivity contribution in [1.82, 2.24) is 10.2 Å². The van der Waals surface area contributed by atoms with E-state index in [1.54, 1.807) is 12.1 Å². The van der Waals surface area contributed by atoms with Crippen LogP contribution >= 0.6 is 24.2 Å². The number of nitrogens with one attached hydrogen (secondary N) is 1. The third kappa shape index (κ3) is 4.90. The SMILES string of the molecule is CC(=O)N(C(=O)NC1CCCCC1)C(C)C(S)c1ccc(Cl)cc1. The molecule has 0 heterocycles. The number of hydrogen-bond donors (Lipinski definition) is 2. The van der Waals surface area contributed by atoms with Gasteiger partial charge in [0, 0.05) is 23.2 Å². The Balaban J connectivity index is 2.08. The van der Waals surface area contributed by atoms with Crippen LogP contribution < -0.4 is 5.32 Å². The second-order valence-corrected chi connectivity index (χ2v) is 7.40. The van der Waals surface area contributed by atoms with Gasteiger partial charge in [-0.25, -0.2) is 4.79 Å². The van der Waals surface area contributed by atoms with E-state index in [1.807, 2.05) is 19.1 Å². The third-order valence-electron chi connectivity index (χ3n) is 4.57. The fraction of sp³-hybridized carbons (Fsp3) is 0.556. The maximum atomic E-state index is 12.6. The van der Waals surface area contributed by atoms with Crippen molar-refractivity contribution in [2.75, 3.05) is 0 Å². The van der Waals surface area contributed by atoms with Crippen LogP contribution in [0.1, 0.15) is 56.8 Å². The van der Waals surface area contributed by atoms with Crippen LogP contribution in [0.2, 0.25) is 5.02 Å². The van der Waals surface area contributed by atoms with E-state index in [4.69, 9.17) is 11.6 Å². The highest BCUT2D eigenvalue weighted by Gasteiger charge is 2.31. The van der Waals surface area contributed by atoms with Crippen molar-refractivity contribution in [3.05, 3.63) is 34.9 Å². The van der Waals surface area contributed by atoms with Crippen LogP contribution in [0.15, 0.2) is 24.3 Å². The summed E-state index contributed by atoms with van der Waals surface area (Å²) >= 11 is 10.5. The van der Waals surface area contributed by atoms with Crippen LogP contribution in [-0.4, -0.2) is 28.9 Å². The van der Waals surface area contributed by atoms with Crippen molar-refractivity contribution in [1.29, 1.82) is 0 Å². The van der Waals surface area contributed by atoms with Crippen molar-refractivity contribution < 1.29 is 9.59 Å². The lowest BCUT2D eigenvalue weighted by atomic mass is 9.95. The summed E-state index contributed by atoms with van der Waals surface area (Å²) in [5.74, 6) is -0.274. The van der Waals surface area contributed by atoms with Gasteiger partial charge in [0.05, 0.1) is 6.04 Å². The molecule has 0 aromatic heterocycles. The highest BCUT2D eigenvalue weighted by atomic mass is 35.5. The van der Waals surface area contributed by atoms with Gasteiger partial charge in [-0.1, -0.05) is 43.0 Å². The second kappa shape index (κ2) is 8.77. The summed E-state index contributed by atoms with van der Waals surface area (Å²) in [6, 6.07) is 6.78. The first-order valence-corrected chi connectivity index (χ1v) is 9.33. The fourth-order valence-electron chi connectivity index (χ4n) is 3.19. The lowest BCUT2D eigenvalue weighted by Crippen LogP contribution is -2.51. The number of carbonyl (C=O) groups excluding carboxylic acids is 2. The lowest BCUT2D eigenvalue weighted by molar-refractivity contribution is -0.127. The minimum atomic E-state index is -0.365. The van der Waals surface area contributed by atoms with Gasteiger partial charge in [0.15, 0.2) is 0 Å². The predicted octanol–water partition coefficient (Wildman–Crippen LogP) is 4.59. The van der Waals surface area contributed by atoms with Gasteiger partial charge in [0.25, 0.3) is 0 Å². The molecule has 0 aliphatic heterocycles. The fourth-order valence-corrected chi connectivity index (χ4v) is 3.62.